The molecule has 1 unspecified atom stereocenters. The van der Waals surface area contributed by atoms with Crippen LogP contribution in [0.2, 0.25) is 0 Å². The van der Waals surface area contributed by atoms with Crippen LogP contribution < -0.4 is 11.1 Å². The van der Waals surface area contributed by atoms with Gasteiger partial charge in [-0.2, -0.15) is 0 Å². The molecule has 1 amide bonds. The summed E-state index contributed by atoms with van der Waals surface area (Å²) in [6.07, 6.45) is 0.764. The van der Waals surface area contributed by atoms with Crippen LogP contribution in [-0.4, -0.2) is 23.5 Å². The molecule has 0 aliphatic rings. The minimum Gasteiger partial charge on any atom is -0.351 e. The number of thiazole rings is 1. The standard InChI is InChI=1S/C12H14BrN3OS2/c1-7(14)2-3-15-11(17)9-6-19-12(16-9)10-4-8(13)5-18-10/h4-7H,2-3,14H2,1H3,(H,15,17). The van der Waals surface area contributed by atoms with Gasteiger partial charge >= 0.3 is 0 Å². The molecule has 0 bridgehead atoms. The summed E-state index contributed by atoms with van der Waals surface area (Å²) in [5, 5.41) is 7.47. The highest BCUT2D eigenvalue weighted by atomic mass is 79.9. The molecule has 0 aliphatic heterocycles. The Morgan fingerprint density at radius 1 is 1.53 bits per heavy atom. The van der Waals surface area contributed by atoms with Gasteiger partial charge in [0.1, 0.15) is 10.7 Å². The average Bonchev–Trinajstić information content (AvgIpc) is 2.96. The lowest BCUT2D eigenvalue weighted by molar-refractivity contribution is 0.0948. The van der Waals surface area contributed by atoms with Crippen molar-refractivity contribution in [1.29, 1.82) is 0 Å². The highest BCUT2D eigenvalue weighted by molar-refractivity contribution is 9.10. The topological polar surface area (TPSA) is 68.0 Å². The molecule has 3 N–H and O–H groups in total. The first kappa shape index (κ1) is 14.6. The first-order valence-corrected chi connectivity index (χ1v) is 8.35. The number of carbonyl (C=O) groups excluding carboxylic acids is 1. The van der Waals surface area contributed by atoms with Crippen molar-refractivity contribution in [1.82, 2.24) is 10.3 Å². The van der Waals surface area contributed by atoms with Gasteiger partial charge < -0.3 is 11.1 Å². The molecule has 7 heteroatoms. The summed E-state index contributed by atoms with van der Waals surface area (Å²) < 4.78 is 1.03. The van der Waals surface area contributed by atoms with E-state index in [4.69, 9.17) is 5.73 Å². The SMILES string of the molecule is CC(N)CCNC(=O)c1csc(-c2cc(Br)cs2)n1. The zero-order chi connectivity index (χ0) is 13.8. The second-order valence-electron chi connectivity index (χ2n) is 4.19. The van der Waals surface area contributed by atoms with Crippen LogP contribution in [0.15, 0.2) is 21.3 Å². The lowest BCUT2D eigenvalue weighted by atomic mass is 10.2. The minimum absolute atomic E-state index is 0.0924. The van der Waals surface area contributed by atoms with E-state index in [-0.39, 0.29) is 11.9 Å². The molecule has 102 valence electrons. The van der Waals surface area contributed by atoms with Crippen LogP contribution in [0.3, 0.4) is 0 Å². The summed E-state index contributed by atoms with van der Waals surface area (Å²) in [6, 6.07) is 2.09. The van der Waals surface area contributed by atoms with Gasteiger partial charge in [-0.3, -0.25) is 4.79 Å². The van der Waals surface area contributed by atoms with Gasteiger partial charge in [0, 0.05) is 27.8 Å². The van der Waals surface area contributed by atoms with Gasteiger partial charge in [0.05, 0.1) is 4.88 Å². The number of nitrogens with one attached hydrogen (secondary N) is 1. The van der Waals surface area contributed by atoms with Crippen molar-refractivity contribution in [2.24, 2.45) is 5.73 Å². The molecule has 0 saturated carbocycles. The number of amides is 1. The van der Waals surface area contributed by atoms with Gasteiger partial charge in [0.25, 0.3) is 5.91 Å². The molecular formula is C12H14BrN3OS2. The molecule has 2 aromatic heterocycles. The molecule has 0 spiro atoms. The summed E-state index contributed by atoms with van der Waals surface area (Å²) in [7, 11) is 0. The van der Waals surface area contributed by atoms with Crippen LogP contribution in [0, 0.1) is 0 Å². The van der Waals surface area contributed by atoms with Gasteiger partial charge in [0.2, 0.25) is 0 Å². The summed E-state index contributed by atoms with van der Waals surface area (Å²) in [5.41, 5.74) is 6.10. The molecule has 0 saturated heterocycles. The Bertz CT molecular complexity index is 565. The summed E-state index contributed by atoms with van der Waals surface area (Å²) in [6.45, 7) is 2.50. The molecule has 0 radical (unpaired) electrons. The van der Waals surface area contributed by atoms with Crippen molar-refractivity contribution >= 4 is 44.5 Å². The van der Waals surface area contributed by atoms with Crippen molar-refractivity contribution in [3.63, 3.8) is 0 Å². The third-order valence-electron chi connectivity index (χ3n) is 2.40. The fourth-order valence-corrected chi connectivity index (χ4v) is 3.73. The molecule has 4 nitrogen and oxygen atoms in total. The number of aromatic nitrogens is 1. The average molecular weight is 360 g/mol. The van der Waals surface area contributed by atoms with Gasteiger partial charge in [-0.25, -0.2) is 4.98 Å². The Morgan fingerprint density at radius 3 is 2.95 bits per heavy atom. The molecule has 2 rings (SSSR count). The van der Waals surface area contributed by atoms with E-state index in [1.165, 1.54) is 11.3 Å². The predicted molar refractivity (Wildman–Crippen MR) is 83.7 cm³/mol. The largest absolute Gasteiger partial charge is 0.351 e. The molecule has 2 aromatic rings. The number of halogens is 1. The summed E-state index contributed by atoms with van der Waals surface area (Å²) >= 11 is 6.49. The number of hydrogen-bond acceptors (Lipinski definition) is 5. The minimum atomic E-state index is -0.140. The molecule has 19 heavy (non-hydrogen) atoms. The van der Waals surface area contributed by atoms with Crippen LogP contribution >= 0.6 is 38.6 Å². The maximum absolute atomic E-state index is 11.9. The lowest BCUT2D eigenvalue weighted by Crippen LogP contribution is -2.29. The number of hydrogen-bond donors (Lipinski definition) is 2. The third kappa shape index (κ3) is 4.10. The van der Waals surface area contributed by atoms with E-state index >= 15 is 0 Å². The maximum Gasteiger partial charge on any atom is 0.270 e. The Balaban J connectivity index is 1.98. The fourth-order valence-electron chi connectivity index (χ4n) is 1.42. The van der Waals surface area contributed by atoms with Gasteiger partial charge in [-0.15, -0.1) is 22.7 Å². The van der Waals surface area contributed by atoms with Crippen molar-refractivity contribution in [3.05, 3.63) is 27.0 Å². The Kier molecular flexibility index (Phi) is 5.09. The van der Waals surface area contributed by atoms with Gasteiger partial charge in [-0.05, 0) is 35.3 Å². The highest BCUT2D eigenvalue weighted by Gasteiger charge is 2.12. The quantitative estimate of drug-likeness (QED) is 0.861. The number of rotatable bonds is 5. The monoisotopic (exact) mass is 359 g/mol. The molecular weight excluding hydrogens is 346 g/mol. The molecule has 0 fully saturated rings. The van der Waals surface area contributed by atoms with E-state index in [0.717, 1.165) is 20.8 Å². The number of thiophene rings is 1. The van der Waals surface area contributed by atoms with Crippen molar-refractivity contribution in [3.8, 4) is 9.88 Å². The Labute approximate surface area is 128 Å². The zero-order valence-electron chi connectivity index (χ0n) is 10.4. The van der Waals surface area contributed by atoms with Crippen molar-refractivity contribution in [2.75, 3.05) is 6.54 Å². The first-order valence-electron chi connectivity index (χ1n) is 5.80. The second-order valence-corrected chi connectivity index (χ2v) is 6.87. The van der Waals surface area contributed by atoms with Crippen LogP contribution in [0.5, 0.6) is 0 Å². The highest BCUT2D eigenvalue weighted by Crippen LogP contribution is 2.31. The molecule has 0 aliphatic carbocycles. The fraction of sp³-hybridized carbons (Fsp3) is 0.333. The summed E-state index contributed by atoms with van der Waals surface area (Å²) in [5.74, 6) is -0.140. The van der Waals surface area contributed by atoms with Gasteiger partial charge in [-0.1, -0.05) is 0 Å². The second kappa shape index (κ2) is 6.60. The van der Waals surface area contributed by atoms with E-state index in [9.17, 15) is 4.79 Å². The first-order chi connectivity index (χ1) is 9.06. The number of nitrogens with two attached hydrogens (primary N) is 1. The van der Waals surface area contributed by atoms with E-state index in [1.54, 1.807) is 16.7 Å². The zero-order valence-corrected chi connectivity index (χ0v) is 13.6. The van der Waals surface area contributed by atoms with Crippen LogP contribution in [-0.2, 0) is 0 Å². The Morgan fingerprint density at radius 2 is 2.32 bits per heavy atom. The molecule has 2 heterocycles. The van der Waals surface area contributed by atoms with E-state index in [0.29, 0.717) is 12.2 Å². The van der Waals surface area contributed by atoms with Crippen LogP contribution in [0.4, 0.5) is 0 Å². The van der Waals surface area contributed by atoms with E-state index < -0.39 is 0 Å². The van der Waals surface area contributed by atoms with Crippen molar-refractivity contribution < 1.29 is 4.79 Å². The van der Waals surface area contributed by atoms with Crippen LogP contribution in [0.25, 0.3) is 9.88 Å². The third-order valence-corrected chi connectivity index (χ3v) is 5.10. The predicted octanol–water partition coefficient (Wildman–Crippen LogP) is 3.10. The normalized spacial score (nSPS) is 12.4. The summed E-state index contributed by atoms with van der Waals surface area (Å²) in [4.78, 5) is 17.3. The number of nitrogens with zero attached hydrogens (tertiary/aromatic N) is 1. The van der Waals surface area contributed by atoms with Crippen LogP contribution in [0.1, 0.15) is 23.8 Å². The molecule has 0 aromatic carbocycles. The van der Waals surface area contributed by atoms with E-state index in [1.807, 2.05) is 18.4 Å². The Hall–Kier alpha value is -0.760. The van der Waals surface area contributed by atoms with E-state index in [2.05, 4.69) is 26.2 Å². The lowest BCUT2D eigenvalue weighted by Gasteiger charge is -2.05. The van der Waals surface area contributed by atoms with Crippen molar-refractivity contribution in [2.45, 2.75) is 19.4 Å². The maximum atomic E-state index is 11.9. The van der Waals surface area contributed by atoms with Gasteiger partial charge in [0.15, 0.2) is 0 Å². The number of carbonyl (C=O) groups is 1. The molecule has 1 atom stereocenters. The smallest absolute Gasteiger partial charge is 0.270 e.